The largest absolute Gasteiger partial charge is 0.481 e. The molecular weight excluding hydrogens is 176 g/mol. The summed E-state index contributed by atoms with van der Waals surface area (Å²) < 4.78 is 0. The predicted octanol–water partition coefficient (Wildman–Crippen LogP) is 2.57. The summed E-state index contributed by atoms with van der Waals surface area (Å²) in [6.07, 6.45) is 1.84. The molecule has 1 aliphatic carbocycles. The lowest BCUT2D eigenvalue weighted by atomic mass is 9.70. The predicted molar refractivity (Wildman–Crippen MR) is 54.3 cm³/mol. The number of carbonyl (C=O) groups is 1. The fourth-order valence-corrected chi connectivity index (χ4v) is 2.10. The van der Waals surface area contributed by atoms with Gasteiger partial charge in [-0.05, 0) is 31.2 Å². The van der Waals surface area contributed by atoms with Crippen LogP contribution in [0.25, 0.3) is 0 Å². The normalized spacial score (nSPS) is 25.5. The highest BCUT2D eigenvalue weighted by molar-refractivity contribution is 5.72. The van der Waals surface area contributed by atoms with Gasteiger partial charge in [0, 0.05) is 0 Å². The fraction of sp³-hybridized carbons (Fsp3) is 0.417. The smallest absolute Gasteiger partial charge is 0.307 e. The van der Waals surface area contributed by atoms with Gasteiger partial charge in [-0.3, -0.25) is 4.79 Å². The summed E-state index contributed by atoms with van der Waals surface area (Å²) in [5.74, 6) is -0.563. The first-order valence-corrected chi connectivity index (χ1v) is 4.98. The van der Waals surface area contributed by atoms with Gasteiger partial charge < -0.3 is 5.11 Å². The van der Waals surface area contributed by atoms with E-state index in [1.165, 1.54) is 11.1 Å². The molecule has 0 spiro atoms. The molecule has 1 aromatic rings. The van der Waals surface area contributed by atoms with Gasteiger partial charge in [-0.2, -0.15) is 0 Å². The Bertz CT molecular complexity index is 357. The molecule has 2 nitrogen and oxygen atoms in total. The Morgan fingerprint density at radius 2 is 2.21 bits per heavy atom. The fourth-order valence-electron chi connectivity index (χ4n) is 2.10. The molecule has 0 aliphatic heterocycles. The van der Waals surface area contributed by atoms with Crippen LogP contribution >= 0.6 is 0 Å². The topological polar surface area (TPSA) is 37.3 Å². The summed E-state index contributed by atoms with van der Waals surface area (Å²) in [5.41, 5.74) is 2.39. The van der Waals surface area contributed by atoms with Crippen LogP contribution in [-0.2, 0) is 4.79 Å². The molecule has 1 aliphatic rings. The van der Waals surface area contributed by atoms with E-state index in [9.17, 15) is 4.79 Å². The van der Waals surface area contributed by atoms with E-state index in [1.807, 2.05) is 25.1 Å². The van der Waals surface area contributed by atoms with Crippen molar-refractivity contribution in [1.29, 1.82) is 0 Å². The van der Waals surface area contributed by atoms with Crippen LogP contribution in [-0.4, -0.2) is 11.1 Å². The third-order valence-corrected chi connectivity index (χ3v) is 3.06. The first-order valence-electron chi connectivity index (χ1n) is 4.98. The summed E-state index contributed by atoms with van der Waals surface area (Å²) in [6.45, 7) is 2.04. The summed E-state index contributed by atoms with van der Waals surface area (Å²) >= 11 is 0. The van der Waals surface area contributed by atoms with Crippen molar-refractivity contribution in [3.05, 3.63) is 35.4 Å². The summed E-state index contributed by atoms with van der Waals surface area (Å²) in [4.78, 5) is 10.9. The van der Waals surface area contributed by atoms with E-state index >= 15 is 0 Å². The van der Waals surface area contributed by atoms with Crippen LogP contribution in [0.15, 0.2) is 24.3 Å². The molecule has 0 bridgehead atoms. The highest BCUT2D eigenvalue weighted by Crippen LogP contribution is 2.42. The monoisotopic (exact) mass is 190 g/mol. The molecule has 74 valence electrons. The van der Waals surface area contributed by atoms with Gasteiger partial charge in [-0.1, -0.05) is 29.8 Å². The maximum atomic E-state index is 10.9. The lowest BCUT2D eigenvalue weighted by Crippen LogP contribution is -2.30. The van der Waals surface area contributed by atoms with Crippen molar-refractivity contribution in [3.63, 3.8) is 0 Å². The van der Waals surface area contributed by atoms with E-state index in [0.29, 0.717) is 0 Å². The van der Waals surface area contributed by atoms with E-state index in [0.717, 1.165) is 12.8 Å². The first kappa shape index (κ1) is 9.25. The number of aliphatic carboxylic acids is 1. The summed E-state index contributed by atoms with van der Waals surface area (Å²) in [6, 6.07) is 8.17. The number of hydrogen-bond acceptors (Lipinski definition) is 1. The lowest BCUT2D eigenvalue weighted by molar-refractivity contribution is -0.145. The van der Waals surface area contributed by atoms with Crippen LogP contribution < -0.4 is 0 Å². The molecule has 2 atom stereocenters. The van der Waals surface area contributed by atoms with E-state index in [4.69, 9.17) is 5.11 Å². The average Bonchev–Trinajstić information content (AvgIpc) is 2.00. The number of benzene rings is 1. The zero-order valence-electron chi connectivity index (χ0n) is 8.23. The van der Waals surface area contributed by atoms with Crippen LogP contribution in [0.2, 0.25) is 0 Å². The van der Waals surface area contributed by atoms with Crippen molar-refractivity contribution in [2.45, 2.75) is 25.7 Å². The molecule has 0 saturated heterocycles. The standard InChI is InChI=1S/C12H14O2/c1-8-3-2-4-9(7-8)10-5-6-11(10)12(13)14/h2-4,7,10-11H,5-6H2,1H3,(H,13,14). The quantitative estimate of drug-likeness (QED) is 0.778. The van der Waals surface area contributed by atoms with E-state index in [-0.39, 0.29) is 11.8 Å². The molecule has 0 amide bonds. The van der Waals surface area contributed by atoms with Crippen LogP contribution in [0.1, 0.15) is 29.9 Å². The number of aryl methyl sites for hydroxylation is 1. The van der Waals surface area contributed by atoms with Gasteiger partial charge in [0.2, 0.25) is 0 Å². The van der Waals surface area contributed by atoms with E-state index < -0.39 is 5.97 Å². The second kappa shape index (κ2) is 3.45. The SMILES string of the molecule is Cc1cccc(C2CCC2C(=O)O)c1. The van der Waals surface area contributed by atoms with Crippen LogP contribution in [0, 0.1) is 12.8 Å². The zero-order chi connectivity index (χ0) is 10.1. The Balaban J connectivity index is 2.20. The maximum absolute atomic E-state index is 10.9. The summed E-state index contributed by atoms with van der Waals surface area (Å²) in [5, 5.41) is 8.93. The number of rotatable bonds is 2. The molecule has 2 heteroatoms. The van der Waals surface area contributed by atoms with Gasteiger partial charge in [0.05, 0.1) is 5.92 Å². The molecule has 14 heavy (non-hydrogen) atoms. The summed E-state index contributed by atoms with van der Waals surface area (Å²) in [7, 11) is 0. The Hall–Kier alpha value is -1.31. The highest BCUT2D eigenvalue weighted by atomic mass is 16.4. The molecule has 0 aromatic heterocycles. The number of carboxylic acid groups (broad SMARTS) is 1. The minimum absolute atomic E-state index is 0.156. The van der Waals surface area contributed by atoms with E-state index in [2.05, 4.69) is 6.07 Å². The Labute approximate surface area is 83.6 Å². The maximum Gasteiger partial charge on any atom is 0.307 e. The Morgan fingerprint density at radius 1 is 1.43 bits per heavy atom. The molecule has 2 rings (SSSR count). The third kappa shape index (κ3) is 1.52. The van der Waals surface area contributed by atoms with Crippen molar-refractivity contribution in [3.8, 4) is 0 Å². The average molecular weight is 190 g/mol. The van der Waals surface area contributed by atoms with E-state index in [1.54, 1.807) is 0 Å². The Morgan fingerprint density at radius 3 is 2.71 bits per heavy atom. The van der Waals surface area contributed by atoms with Gasteiger partial charge in [0.25, 0.3) is 0 Å². The highest BCUT2D eigenvalue weighted by Gasteiger charge is 2.37. The van der Waals surface area contributed by atoms with Gasteiger partial charge in [-0.15, -0.1) is 0 Å². The van der Waals surface area contributed by atoms with Crippen LogP contribution in [0.3, 0.4) is 0 Å². The van der Waals surface area contributed by atoms with Crippen molar-refractivity contribution in [2.75, 3.05) is 0 Å². The van der Waals surface area contributed by atoms with Crippen LogP contribution in [0.5, 0.6) is 0 Å². The second-order valence-corrected chi connectivity index (χ2v) is 4.04. The molecule has 1 N–H and O–H groups in total. The second-order valence-electron chi connectivity index (χ2n) is 4.04. The van der Waals surface area contributed by atoms with Crippen LogP contribution in [0.4, 0.5) is 0 Å². The third-order valence-electron chi connectivity index (χ3n) is 3.06. The molecular formula is C12H14O2. The molecule has 1 fully saturated rings. The van der Waals surface area contributed by atoms with Gasteiger partial charge in [0.1, 0.15) is 0 Å². The molecule has 2 unspecified atom stereocenters. The van der Waals surface area contributed by atoms with Crippen molar-refractivity contribution in [2.24, 2.45) is 5.92 Å². The molecule has 1 aromatic carbocycles. The van der Waals surface area contributed by atoms with Crippen molar-refractivity contribution < 1.29 is 9.90 Å². The van der Waals surface area contributed by atoms with Crippen molar-refractivity contribution in [1.82, 2.24) is 0 Å². The minimum Gasteiger partial charge on any atom is -0.481 e. The van der Waals surface area contributed by atoms with Gasteiger partial charge in [-0.25, -0.2) is 0 Å². The molecule has 0 heterocycles. The number of carboxylic acids is 1. The Kier molecular flexibility index (Phi) is 2.28. The van der Waals surface area contributed by atoms with Gasteiger partial charge >= 0.3 is 5.97 Å². The lowest BCUT2D eigenvalue weighted by Gasteiger charge is -2.33. The molecule has 1 saturated carbocycles. The minimum atomic E-state index is -0.650. The van der Waals surface area contributed by atoms with Crippen molar-refractivity contribution >= 4 is 5.97 Å². The molecule has 0 radical (unpaired) electrons. The zero-order valence-corrected chi connectivity index (χ0v) is 8.23. The number of hydrogen-bond donors (Lipinski definition) is 1. The first-order chi connectivity index (χ1) is 6.68. The van der Waals surface area contributed by atoms with Gasteiger partial charge in [0.15, 0.2) is 0 Å².